The Balaban J connectivity index is 2.06. The smallest absolute Gasteiger partial charge is 0.0723 e. The molecule has 0 aliphatic heterocycles. The van der Waals surface area contributed by atoms with Gasteiger partial charge in [-0.1, -0.05) is 114 Å². The molecule has 0 amide bonds. The minimum absolute atomic E-state index is 0.752. The first-order valence-corrected chi connectivity index (χ1v) is 14.0. The fourth-order valence-corrected chi connectivity index (χ4v) is 6.38. The van der Waals surface area contributed by atoms with Gasteiger partial charge in [-0.25, -0.2) is 0 Å². The molecule has 0 heterocycles. The number of hydrogen-bond donors (Lipinski definition) is 0. The lowest BCUT2D eigenvalue weighted by Crippen LogP contribution is -2.13. The van der Waals surface area contributed by atoms with Gasteiger partial charge in [-0.3, -0.25) is 8.37 Å². The van der Waals surface area contributed by atoms with Crippen molar-refractivity contribution in [1.82, 2.24) is 0 Å². The Morgan fingerprint density at radius 2 is 0.839 bits per heavy atom. The first kappa shape index (κ1) is 26.0. The molecule has 174 valence electrons. The standard InChI is InChI=1S/C28H44O2S/c1-3-5-7-9-11-19-25-29-31(27-21-15-13-16-22-27,28-23-17-14-18-24-28)30-26-20-12-10-8-6-4-2/h13-18,21-24H,3-12,19-20,25-26H2,1-2H3. The van der Waals surface area contributed by atoms with Crippen LogP contribution in [0.25, 0.3) is 0 Å². The van der Waals surface area contributed by atoms with Crippen LogP contribution in [-0.2, 0) is 8.37 Å². The summed E-state index contributed by atoms with van der Waals surface area (Å²) in [5.41, 5.74) is 0. The molecule has 0 saturated heterocycles. The summed E-state index contributed by atoms with van der Waals surface area (Å²) in [6.45, 7) is 6.03. The molecule has 0 spiro atoms. The van der Waals surface area contributed by atoms with E-state index in [2.05, 4.69) is 74.5 Å². The summed E-state index contributed by atoms with van der Waals surface area (Å²) in [4.78, 5) is 2.33. The van der Waals surface area contributed by atoms with E-state index in [-0.39, 0.29) is 0 Å². The monoisotopic (exact) mass is 444 g/mol. The highest BCUT2D eigenvalue weighted by molar-refractivity contribution is 8.26. The molecule has 0 saturated carbocycles. The maximum Gasteiger partial charge on any atom is 0.0723 e. The van der Waals surface area contributed by atoms with E-state index < -0.39 is 10.6 Å². The Morgan fingerprint density at radius 3 is 1.23 bits per heavy atom. The van der Waals surface area contributed by atoms with E-state index >= 15 is 0 Å². The molecule has 0 N–H and O–H groups in total. The summed E-state index contributed by atoms with van der Waals surface area (Å²) in [6, 6.07) is 21.2. The van der Waals surface area contributed by atoms with Crippen LogP contribution in [0.3, 0.4) is 0 Å². The molecule has 0 aliphatic rings. The lowest BCUT2D eigenvalue weighted by molar-refractivity contribution is 0.245. The van der Waals surface area contributed by atoms with Crippen molar-refractivity contribution in [3.05, 3.63) is 60.7 Å². The Hall–Kier alpha value is -1.29. The van der Waals surface area contributed by atoms with Gasteiger partial charge in [0.1, 0.15) is 0 Å². The van der Waals surface area contributed by atoms with Crippen LogP contribution in [0.15, 0.2) is 70.5 Å². The highest BCUT2D eigenvalue weighted by Gasteiger charge is 2.27. The summed E-state index contributed by atoms with van der Waals surface area (Å²) < 4.78 is 13.4. The zero-order chi connectivity index (χ0) is 22.0. The van der Waals surface area contributed by atoms with Crippen molar-refractivity contribution in [2.45, 2.75) is 101 Å². The quantitative estimate of drug-likeness (QED) is 0.213. The largest absolute Gasteiger partial charge is 0.275 e. The molecule has 2 nitrogen and oxygen atoms in total. The first-order chi connectivity index (χ1) is 15.3. The minimum atomic E-state index is -1.95. The predicted octanol–water partition coefficient (Wildman–Crippen LogP) is 9.49. The maximum absolute atomic E-state index is 6.71. The highest BCUT2D eigenvalue weighted by atomic mass is 32.3. The maximum atomic E-state index is 6.71. The predicted molar refractivity (Wildman–Crippen MR) is 136 cm³/mol. The van der Waals surface area contributed by atoms with Crippen molar-refractivity contribution in [2.24, 2.45) is 0 Å². The van der Waals surface area contributed by atoms with Crippen LogP contribution in [0.4, 0.5) is 0 Å². The van der Waals surface area contributed by atoms with Crippen molar-refractivity contribution in [2.75, 3.05) is 13.2 Å². The summed E-state index contributed by atoms with van der Waals surface area (Å²) >= 11 is 0. The molecular weight excluding hydrogens is 400 g/mol. The van der Waals surface area contributed by atoms with Crippen LogP contribution in [0.1, 0.15) is 90.9 Å². The van der Waals surface area contributed by atoms with E-state index in [9.17, 15) is 0 Å². The van der Waals surface area contributed by atoms with Gasteiger partial charge in [-0.05, 0) is 37.1 Å². The van der Waals surface area contributed by atoms with E-state index in [1.165, 1.54) is 64.2 Å². The Kier molecular flexibility index (Phi) is 13.7. The van der Waals surface area contributed by atoms with Gasteiger partial charge in [0, 0.05) is 0 Å². The Bertz CT molecular complexity index is 600. The van der Waals surface area contributed by atoms with Gasteiger partial charge in [0.25, 0.3) is 0 Å². The SMILES string of the molecule is CCCCCCCCOS(OCCCCCCCC)(c1ccccc1)c1ccccc1. The fourth-order valence-electron chi connectivity index (χ4n) is 3.76. The normalized spacial score (nSPS) is 12.2. The average molecular weight is 445 g/mol. The fraction of sp³-hybridized carbons (Fsp3) is 0.571. The van der Waals surface area contributed by atoms with Crippen LogP contribution >= 0.6 is 10.6 Å². The summed E-state index contributed by atoms with van der Waals surface area (Å²) in [7, 11) is -1.95. The summed E-state index contributed by atoms with van der Waals surface area (Å²) in [5, 5.41) is 0. The number of hydrogen-bond acceptors (Lipinski definition) is 2. The molecule has 3 heteroatoms. The van der Waals surface area contributed by atoms with Gasteiger partial charge >= 0.3 is 0 Å². The number of unbranched alkanes of at least 4 members (excludes halogenated alkanes) is 10. The second kappa shape index (κ2) is 16.4. The summed E-state index contributed by atoms with van der Waals surface area (Å²) in [6.07, 6.45) is 15.2. The molecule has 0 aliphatic carbocycles. The van der Waals surface area contributed by atoms with Gasteiger partial charge in [-0.2, -0.15) is 0 Å². The van der Waals surface area contributed by atoms with E-state index in [0.29, 0.717) is 0 Å². The van der Waals surface area contributed by atoms with Crippen LogP contribution < -0.4 is 0 Å². The molecule has 0 unspecified atom stereocenters. The van der Waals surface area contributed by atoms with Gasteiger partial charge in [-0.15, -0.1) is 10.6 Å². The van der Waals surface area contributed by atoms with Crippen molar-refractivity contribution >= 4 is 10.6 Å². The molecule has 0 radical (unpaired) electrons. The molecule has 2 aromatic rings. The van der Waals surface area contributed by atoms with Crippen LogP contribution in [0.2, 0.25) is 0 Å². The molecular formula is C28H44O2S. The highest BCUT2D eigenvalue weighted by Crippen LogP contribution is 2.64. The van der Waals surface area contributed by atoms with Crippen molar-refractivity contribution < 1.29 is 8.37 Å². The minimum Gasteiger partial charge on any atom is -0.275 e. The van der Waals surface area contributed by atoms with E-state index in [4.69, 9.17) is 8.37 Å². The van der Waals surface area contributed by atoms with Crippen molar-refractivity contribution in [3.63, 3.8) is 0 Å². The number of benzene rings is 2. The third-order valence-electron chi connectivity index (χ3n) is 5.60. The molecule has 0 aromatic heterocycles. The van der Waals surface area contributed by atoms with E-state index in [1.54, 1.807) is 0 Å². The van der Waals surface area contributed by atoms with Gasteiger partial charge in [0.05, 0.1) is 23.0 Å². The topological polar surface area (TPSA) is 18.5 Å². The zero-order valence-corrected chi connectivity index (χ0v) is 20.7. The number of rotatable bonds is 18. The second-order valence-corrected chi connectivity index (χ2v) is 10.7. The Labute approximate surface area is 193 Å². The van der Waals surface area contributed by atoms with E-state index in [1.807, 2.05) is 0 Å². The van der Waals surface area contributed by atoms with Crippen molar-refractivity contribution in [3.8, 4) is 0 Å². The van der Waals surface area contributed by atoms with Gasteiger partial charge in [0.15, 0.2) is 0 Å². The molecule has 0 bridgehead atoms. The second-order valence-electron chi connectivity index (χ2n) is 8.31. The molecule has 2 rings (SSSR count). The first-order valence-electron chi connectivity index (χ1n) is 12.6. The van der Waals surface area contributed by atoms with Crippen molar-refractivity contribution in [1.29, 1.82) is 0 Å². The lowest BCUT2D eigenvalue weighted by Gasteiger charge is -2.43. The van der Waals surface area contributed by atoms with Gasteiger partial charge < -0.3 is 0 Å². The van der Waals surface area contributed by atoms with Crippen LogP contribution in [0, 0.1) is 0 Å². The zero-order valence-electron chi connectivity index (χ0n) is 19.9. The third kappa shape index (κ3) is 9.39. The molecule has 0 atom stereocenters. The van der Waals surface area contributed by atoms with Crippen LogP contribution in [-0.4, -0.2) is 13.2 Å². The molecule has 31 heavy (non-hydrogen) atoms. The lowest BCUT2D eigenvalue weighted by atomic mass is 10.1. The Morgan fingerprint density at radius 1 is 0.484 bits per heavy atom. The average Bonchev–Trinajstić information content (AvgIpc) is 2.83. The molecule has 0 fully saturated rings. The molecule has 2 aromatic carbocycles. The van der Waals surface area contributed by atoms with Gasteiger partial charge in [0.2, 0.25) is 0 Å². The van der Waals surface area contributed by atoms with Crippen LogP contribution in [0.5, 0.6) is 0 Å². The third-order valence-corrected chi connectivity index (χ3v) is 8.38. The van der Waals surface area contributed by atoms with E-state index in [0.717, 1.165) is 35.8 Å². The summed E-state index contributed by atoms with van der Waals surface area (Å²) in [5.74, 6) is 0.